The zero-order valence-electron chi connectivity index (χ0n) is 16.0. The van der Waals surface area contributed by atoms with Crippen LogP contribution < -0.4 is 20.1 Å². The Morgan fingerprint density at radius 3 is 2.63 bits per heavy atom. The third-order valence-electron chi connectivity index (χ3n) is 3.90. The van der Waals surface area contributed by atoms with Crippen molar-refractivity contribution in [3.63, 3.8) is 0 Å². The molecule has 0 atom stereocenters. The summed E-state index contributed by atoms with van der Waals surface area (Å²) < 4.78 is 10.8. The smallest absolute Gasteiger partial charge is 0.262 e. The number of aryl methyl sites for hydroxylation is 1. The third-order valence-corrected chi connectivity index (χ3v) is 3.90. The maximum Gasteiger partial charge on any atom is 0.262 e. The summed E-state index contributed by atoms with van der Waals surface area (Å²) in [6, 6.07) is 12.3. The number of ether oxygens (including phenoxy) is 2. The minimum atomic E-state index is -0.318. The molecule has 0 aromatic heterocycles. The van der Waals surface area contributed by atoms with Gasteiger partial charge in [0.25, 0.3) is 11.8 Å². The highest BCUT2D eigenvalue weighted by molar-refractivity contribution is 5.97. The molecule has 0 aliphatic heterocycles. The average molecular weight is 370 g/mol. The van der Waals surface area contributed by atoms with Gasteiger partial charge in [-0.15, -0.1) is 0 Å². The zero-order chi connectivity index (χ0) is 19.6. The minimum Gasteiger partial charge on any atom is -0.493 e. The lowest BCUT2D eigenvalue weighted by Gasteiger charge is -2.12. The minimum absolute atomic E-state index is 0.153. The van der Waals surface area contributed by atoms with Gasteiger partial charge in [-0.1, -0.05) is 25.5 Å². The van der Waals surface area contributed by atoms with Gasteiger partial charge in [-0.2, -0.15) is 0 Å². The first-order valence-electron chi connectivity index (χ1n) is 8.99. The predicted octanol–water partition coefficient (Wildman–Crippen LogP) is 3.55. The second kappa shape index (κ2) is 10.2. The lowest BCUT2D eigenvalue weighted by Crippen LogP contribution is -2.25. The highest BCUT2D eigenvalue weighted by Crippen LogP contribution is 2.27. The molecule has 2 N–H and O–H groups in total. The molecule has 2 aromatic carbocycles. The second-order valence-corrected chi connectivity index (χ2v) is 6.18. The first-order chi connectivity index (χ1) is 13.0. The van der Waals surface area contributed by atoms with E-state index in [0.717, 1.165) is 18.4 Å². The Bertz CT molecular complexity index is 790. The van der Waals surface area contributed by atoms with Crippen molar-refractivity contribution in [2.75, 3.05) is 25.6 Å². The van der Waals surface area contributed by atoms with Crippen LogP contribution in [0.3, 0.4) is 0 Å². The van der Waals surface area contributed by atoms with E-state index in [4.69, 9.17) is 9.47 Å². The van der Waals surface area contributed by atoms with E-state index in [1.165, 1.54) is 0 Å². The molecular weight excluding hydrogens is 344 g/mol. The molecule has 144 valence electrons. The van der Waals surface area contributed by atoms with Crippen LogP contribution in [0.25, 0.3) is 0 Å². The fraction of sp³-hybridized carbons (Fsp3) is 0.333. The van der Waals surface area contributed by atoms with Crippen molar-refractivity contribution in [1.29, 1.82) is 0 Å². The van der Waals surface area contributed by atoms with Crippen LogP contribution in [0.1, 0.15) is 35.7 Å². The van der Waals surface area contributed by atoms with E-state index in [1.807, 2.05) is 19.1 Å². The highest BCUT2D eigenvalue weighted by atomic mass is 16.5. The molecule has 0 aliphatic rings. The number of methoxy groups -OCH3 is 1. The van der Waals surface area contributed by atoms with E-state index < -0.39 is 0 Å². The Morgan fingerprint density at radius 2 is 1.89 bits per heavy atom. The average Bonchev–Trinajstić information content (AvgIpc) is 2.67. The normalized spacial score (nSPS) is 10.2. The van der Waals surface area contributed by atoms with Crippen molar-refractivity contribution in [3.8, 4) is 11.5 Å². The number of benzene rings is 2. The van der Waals surface area contributed by atoms with Crippen molar-refractivity contribution >= 4 is 17.5 Å². The number of nitrogens with one attached hydrogen (secondary N) is 2. The summed E-state index contributed by atoms with van der Waals surface area (Å²) in [5.74, 6) is 0.609. The van der Waals surface area contributed by atoms with Crippen LogP contribution in [0, 0.1) is 6.92 Å². The molecule has 0 unspecified atom stereocenters. The topological polar surface area (TPSA) is 76.7 Å². The van der Waals surface area contributed by atoms with E-state index >= 15 is 0 Å². The fourth-order valence-corrected chi connectivity index (χ4v) is 2.45. The van der Waals surface area contributed by atoms with Crippen molar-refractivity contribution < 1.29 is 19.1 Å². The van der Waals surface area contributed by atoms with E-state index in [2.05, 4.69) is 17.6 Å². The summed E-state index contributed by atoms with van der Waals surface area (Å²) >= 11 is 0. The Kier molecular flexibility index (Phi) is 7.67. The fourth-order valence-electron chi connectivity index (χ4n) is 2.45. The lowest BCUT2D eigenvalue weighted by atomic mass is 10.2. The number of rotatable bonds is 9. The van der Waals surface area contributed by atoms with Crippen molar-refractivity contribution in [3.05, 3.63) is 53.6 Å². The summed E-state index contributed by atoms with van der Waals surface area (Å²) in [5, 5.41) is 5.59. The van der Waals surface area contributed by atoms with Crippen LogP contribution in [-0.2, 0) is 4.79 Å². The largest absolute Gasteiger partial charge is 0.493 e. The Morgan fingerprint density at radius 1 is 1.07 bits per heavy atom. The molecule has 2 aromatic rings. The van der Waals surface area contributed by atoms with Gasteiger partial charge >= 0.3 is 0 Å². The SMILES string of the molecule is CCCCNC(=O)c1cccc(NC(=O)COc2ccc(C)cc2OC)c1. The summed E-state index contributed by atoms with van der Waals surface area (Å²) in [7, 11) is 1.55. The lowest BCUT2D eigenvalue weighted by molar-refractivity contribution is -0.118. The first kappa shape index (κ1) is 20.3. The molecular formula is C21H26N2O4. The Labute approximate surface area is 159 Å². The number of carbonyl (C=O) groups excluding carboxylic acids is 2. The van der Waals surface area contributed by atoms with E-state index in [9.17, 15) is 9.59 Å². The van der Waals surface area contributed by atoms with E-state index in [0.29, 0.717) is 29.3 Å². The predicted molar refractivity (Wildman–Crippen MR) is 106 cm³/mol. The van der Waals surface area contributed by atoms with Crippen LogP contribution in [0.15, 0.2) is 42.5 Å². The van der Waals surface area contributed by atoms with Crippen LogP contribution in [-0.4, -0.2) is 32.1 Å². The number of hydrogen-bond donors (Lipinski definition) is 2. The van der Waals surface area contributed by atoms with E-state index in [1.54, 1.807) is 37.4 Å². The molecule has 0 spiro atoms. The molecule has 6 heteroatoms. The standard InChI is InChI=1S/C21H26N2O4/c1-4-5-11-22-21(25)16-7-6-8-17(13-16)23-20(24)14-27-18-10-9-15(2)12-19(18)26-3/h6-10,12-13H,4-5,11,14H2,1-3H3,(H,22,25)(H,23,24). The second-order valence-electron chi connectivity index (χ2n) is 6.18. The number of hydrogen-bond acceptors (Lipinski definition) is 4. The number of amides is 2. The first-order valence-corrected chi connectivity index (χ1v) is 8.99. The summed E-state index contributed by atoms with van der Waals surface area (Å²) in [6.07, 6.45) is 1.95. The maximum absolute atomic E-state index is 12.2. The van der Waals surface area contributed by atoms with Crippen LogP contribution in [0.4, 0.5) is 5.69 Å². The molecule has 27 heavy (non-hydrogen) atoms. The Balaban J connectivity index is 1.92. The van der Waals surface area contributed by atoms with Gasteiger partial charge in [0.05, 0.1) is 7.11 Å². The number of anilines is 1. The maximum atomic E-state index is 12.2. The van der Waals surface area contributed by atoms with Crippen molar-refractivity contribution in [2.45, 2.75) is 26.7 Å². The monoisotopic (exact) mass is 370 g/mol. The molecule has 0 aliphatic carbocycles. The van der Waals surface area contributed by atoms with Crippen LogP contribution in [0.5, 0.6) is 11.5 Å². The van der Waals surface area contributed by atoms with Gasteiger partial charge in [-0.25, -0.2) is 0 Å². The Hall–Kier alpha value is -3.02. The van der Waals surface area contributed by atoms with E-state index in [-0.39, 0.29) is 18.4 Å². The molecule has 6 nitrogen and oxygen atoms in total. The van der Waals surface area contributed by atoms with Crippen molar-refractivity contribution in [2.24, 2.45) is 0 Å². The van der Waals surface area contributed by atoms with Crippen LogP contribution >= 0.6 is 0 Å². The third kappa shape index (κ3) is 6.33. The van der Waals surface area contributed by atoms with Crippen LogP contribution in [0.2, 0.25) is 0 Å². The van der Waals surface area contributed by atoms with Gasteiger partial charge in [0.2, 0.25) is 0 Å². The molecule has 0 fully saturated rings. The molecule has 0 saturated heterocycles. The molecule has 2 amide bonds. The summed E-state index contributed by atoms with van der Waals surface area (Å²) in [6.45, 7) is 4.49. The van der Waals surface area contributed by atoms with Gasteiger partial charge in [0.1, 0.15) is 0 Å². The summed E-state index contributed by atoms with van der Waals surface area (Å²) in [5.41, 5.74) is 2.09. The highest BCUT2D eigenvalue weighted by Gasteiger charge is 2.10. The van der Waals surface area contributed by atoms with Gasteiger partial charge in [0.15, 0.2) is 18.1 Å². The van der Waals surface area contributed by atoms with Gasteiger partial charge < -0.3 is 20.1 Å². The number of carbonyl (C=O) groups is 2. The quantitative estimate of drug-likeness (QED) is 0.662. The molecule has 0 radical (unpaired) electrons. The van der Waals surface area contributed by atoms with Gasteiger partial charge in [0, 0.05) is 17.8 Å². The molecule has 2 rings (SSSR count). The van der Waals surface area contributed by atoms with Gasteiger partial charge in [-0.3, -0.25) is 9.59 Å². The van der Waals surface area contributed by atoms with Crippen molar-refractivity contribution in [1.82, 2.24) is 5.32 Å². The number of unbranched alkanes of at least 4 members (excludes halogenated alkanes) is 1. The molecule has 0 bridgehead atoms. The summed E-state index contributed by atoms with van der Waals surface area (Å²) in [4.78, 5) is 24.3. The molecule has 0 saturated carbocycles. The van der Waals surface area contributed by atoms with Gasteiger partial charge in [-0.05, 0) is 49.2 Å². The molecule has 0 heterocycles. The zero-order valence-corrected chi connectivity index (χ0v) is 16.0.